The van der Waals surface area contributed by atoms with E-state index in [0.717, 1.165) is 12.1 Å². The number of rotatable bonds is 4. The summed E-state index contributed by atoms with van der Waals surface area (Å²) in [5.74, 6) is -2.32. The Labute approximate surface area is 134 Å². The molecule has 1 aliphatic heterocycles. The monoisotopic (exact) mass is 316 g/mol. The van der Waals surface area contributed by atoms with Crippen molar-refractivity contribution in [1.82, 2.24) is 0 Å². The lowest BCUT2D eigenvalue weighted by molar-refractivity contribution is -0.140. The molecule has 2 aliphatic rings. The van der Waals surface area contributed by atoms with E-state index in [1.54, 1.807) is 36.9 Å². The molecule has 1 aliphatic carbocycles. The maximum atomic E-state index is 12.3. The minimum atomic E-state index is -0.938. The van der Waals surface area contributed by atoms with Gasteiger partial charge in [-0.1, -0.05) is 19.9 Å². The zero-order valence-corrected chi connectivity index (χ0v) is 13.2. The van der Waals surface area contributed by atoms with Gasteiger partial charge >= 0.3 is 5.97 Å². The van der Waals surface area contributed by atoms with Crippen LogP contribution in [0.4, 0.5) is 11.4 Å². The number of carboxylic acid groups (broad SMARTS) is 1. The minimum absolute atomic E-state index is 0.0859. The summed E-state index contributed by atoms with van der Waals surface area (Å²) in [6.07, 6.45) is 1.39. The third-order valence-corrected chi connectivity index (χ3v) is 4.87. The third kappa shape index (κ3) is 2.69. The summed E-state index contributed by atoms with van der Waals surface area (Å²) in [7, 11) is 0. The molecule has 23 heavy (non-hydrogen) atoms. The van der Waals surface area contributed by atoms with Gasteiger partial charge in [0.05, 0.1) is 11.8 Å². The maximum Gasteiger partial charge on any atom is 0.307 e. The van der Waals surface area contributed by atoms with Gasteiger partial charge in [0.25, 0.3) is 0 Å². The Morgan fingerprint density at radius 3 is 2.61 bits per heavy atom. The van der Waals surface area contributed by atoms with Gasteiger partial charge in [0.15, 0.2) is 0 Å². The Kier molecular flexibility index (Phi) is 3.62. The average Bonchev–Trinajstić information content (AvgIpc) is 2.83. The number of hydrogen-bond acceptors (Lipinski definition) is 3. The van der Waals surface area contributed by atoms with Gasteiger partial charge in [-0.05, 0) is 30.0 Å². The molecule has 3 rings (SSSR count). The highest BCUT2D eigenvalue weighted by molar-refractivity contribution is 6.01. The number of carbonyl (C=O) groups is 3. The number of hydrogen-bond donors (Lipinski definition) is 2. The first kappa shape index (κ1) is 15.5. The van der Waals surface area contributed by atoms with Crippen LogP contribution >= 0.6 is 0 Å². The zero-order valence-electron chi connectivity index (χ0n) is 13.2. The molecule has 0 spiro atoms. The van der Waals surface area contributed by atoms with E-state index in [1.807, 2.05) is 6.07 Å². The van der Waals surface area contributed by atoms with Crippen LogP contribution in [-0.4, -0.2) is 29.4 Å². The second-order valence-corrected chi connectivity index (χ2v) is 6.80. The topological polar surface area (TPSA) is 86.7 Å². The van der Waals surface area contributed by atoms with Crippen molar-refractivity contribution in [3.8, 4) is 0 Å². The summed E-state index contributed by atoms with van der Waals surface area (Å²) in [5.41, 5.74) is 0.813. The fourth-order valence-electron chi connectivity index (χ4n) is 3.48. The van der Waals surface area contributed by atoms with Gasteiger partial charge in [-0.15, -0.1) is 0 Å². The largest absolute Gasteiger partial charge is 0.481 e. The molecule has 0 radical (unpaired) electrons. The van der Waals surface area contributed by atoms with Crippen LogP contribution in [0, 0.1) is 17.3 Å². The van der Waals surface area contributed by atoms with Crippen molar-refractivity contribution in [2.45, 2.75) is 26.7 Å². The summed E-state index contributed by atoms with van der Waals surface area (Å²) >= 11 is 0. The predicted octanol–water partition coefficient (Wildman–Crippen LogP) is 2.11. The van der Waals surface area contributed by atoms with Crippen LogP contribution in [-0.2, 0) is 14.4 Å². The minimum Gasteiger partial charge on any atom is -0.481 e. The van der Waals surface area contributed by atoms with Gasteiger partial charge in [-0.3, -0.25) is 14.4 Å². The van der Waals surface area contributed by atoms with E-state index in [0.29, 0.717) is 18.7 Å². The molecule has 1 aromatic carbocycles. The fourth-order valence-corrected chi connectivity index (χ4v) is 3.48. The van der Waals surface area contributed by atoms with Crippen molar-refractivity contribution >= 4 is 29.2 Å². The molecule has 6 heteroatoms. The Balaban J connectivity index is 1.73. The first-order valence-electron chi connectivity index (χ1n) is 7.76. The van der Waals surface area contributed by atoms with Crippen molar-refractivity contribution in [2.75, 3.05) is 16.8 Å². The highest BCUT2D eigenvalue weighted by Gasteiger charge is 2.65. The summed E-state index contributed by atoms with van der Waals surface area (Å²) in [6, 6.07) is 7.11. The fraction of sp³-hybridized carbons (Fsp3) is 0.471. The number of amides is 2. The van der Waals surface area contributed by atoms with Gasteiger partial charge in [0.2, 0.25) is 11.8 Å². The summed E-state index contributed by atoms with van der Waals surface area (Å²) in [5, 5.41) is 11.9. The average molecular weight is 316 g/mol. The molecule has 1 heterocycles. The third-order valence-electron chi connectivity index (χ3n) is 4.87. The summed E-state index contributed by atoms with van der Waals surface area (Å²) in [6.45, 7) is 4.26. The van der Waals surface area contributed by atoms with E-state index in [1.165, 1.54) is 0 Å². The van der Waals surface area contributed by atoms with Gasteiger partial charge in [0, 0.05) is 24.3 Å². The standard InChI is InChI=1S/C17H20N2O4/c1-17(2)13(14(17)16(22)23)15(21)18-10-5-3-6-11(9-10)19-8-4-7-12(19)20/h3,5-6,9,13-14H,4,7-8H2,1-2H3,(H,18,21)(H,22,23). The lowest BCUT2D eigenvalue weighted by Gasteiger charge is -2.17. The Morgan fingerprint density at radius 1 is 1.30 bits per heavy atom. The number of carbonyl (C=O) groups excluding carboxylic acids is 2. The van der Waals surface area contributed by atoms with Gasteiger partial charge in [0.1, 0.15) is 0 Å². The van der Waals surface area contributed by atoms with Gasteiger partial charge < -0.3 is 15.3 Å². The molecule has 1 saturated carbocycles. The van der Waals surface area contributed by atoms with Crippen molar-refractivity contribution in [3.05, 3.63) is 24.3 Å². The van der Waals surface area contributed by atoms with Gasteiger partial charge in [-0.25, -0.2) is 0 Å². The van der Waals surface area contributed by atoms with E-state index >= 15 is 0 Å². The predicted molar refractivity (Wildman–Crippen MR) is 85.1 cm³/mol. The number of anilines is 2. The molecule has 1 saturated heterocycles. The first-order valence-corrected chi connectivity index (χ1v) is 7.76. The summed E-state index contributed by atoms with van der Waals surface area (Å²) < 4.78 is 0. The molecule has 1 aromatic rings. The molecule has 2 atom stereocenters. The van der Waals surface area contributed by atoms with Crippen LogP contribution in [0.3, 0.4) is 0 Å². The molecular formula is C17H20N2O4. The van der Waals surface area contributed by atoms with E-state index in [4.69, 9.17) is 5.11 Å². The molecule has 0 bridgehead atoms. The zero-order chi connectivity index (χ0) is 16.8. The van der Waals surface area contributed by atoms with E-state index in [9.17, 15) is 14.4 Å². The lowest BCUT2D eigenvalue weighted by atomic mass is 10.1. The van der Waals surface area contributed by atoms with Crippen LogP contribution in [0.15, 0.2) is 24.3 Å². The normalized spacial score (nSPS) is 25.3. The Hall–Kier alpha value is -2.37. The second kappa shape index (κ2) is 5.37. The van der Waals surface area contributed by atoms with Crippen molar-refractivity contribution in [1.29, 1.82) is 0 Å². The van der Waals surface area contributed by atoms with E-state index < -0.39 is 23.2 Å². The van der Waals surface area contributed by atoms with E-state index in [2.05, 4.69) is 5.32 Å². The van der Waals surface area contributed by atoms with Crippen molar-refractivity contribution < 1.29 is 19.5 Å². The molecule has 2 N–H and O–H groups in total. The van der Waals surface area contributed by atoms with Crippen LogP contribution in [0.5, 0.6) is 0 Å². The van der Waals surface area contributed by atoms with Crippen molar-refractivity contribution in [3.63, 3.8) is 0 Å². The molecule has 6 nitrogen and oxygen atoms in total. The number of aliphatic carboxylic acids is 1. The number of nitrogens with one attached hydrogen (secondary N) is 1. The smallest absolute Gasteiger partial charge is 0.307 e. The molecule has 0 aromatic heterocycles. The lowest BCUT2D eigenvalue weighted by Crippen LogP contribution is -2.24. The molecule has 2 amide bonds. The SMILES string of the molecule is CC1(C)C(C(=O)O)C1C(=O)Nc1cccc(N2CCCC2=O)c1. The Bertz CT molecular complexity index is 683. The van der Waals surface area contributed by atoms with Crippen LogP contribution < -0.4 is 10.2 Å². The molecular weight excluding hydrogens is 296 g/mol. The number of benzene rings is 1. The Morgan fingerprint density at radius 2 is 2.04 bits per heavy atom. The van der Waals surface area contributed by atoms with Crippen LogP contribution in [0.1, 0.15) is 26.7 Å². The highest BCUT2D eigenvalue weighted by Crippen LogP contribution is 2.58. The number of carboxylic acids is 1. The quantitative estimate of drug-likeness (QED) is 0.890. The molecule has 2 fully saturated rings. The second-order valence-electron chi connectivity index (χ2n) is 6.80. The molecule has 122 valence electrons. The van der Waals surface area contributed by atoms with Crippen molar-refractivity contribution in [2.24, 2.45) is 17.3 Å². The maximum absolute atomic E-state index is 12.3. The first-order chi connectivity index (χ1) is 10.8. The van der Waals surface area contributed by atoms with Crippen LogP contribution in [0.25, 0.3) is 0 Å². The van der Waals surface area contributed by atoms with Crippen LogP contribution in [0.2, 0.25) is 0 Å². The van der Waals surface area contributed by atoms with E-state index in [-0.39, 0.29) is 11.8 Å². The number of nitrogens with zero attached hydrogens (tertiary/aromatic N) is 1. The highest BCUT2D eigenvalue weighted by atomic mass is 16.4. The van der Waals surface area contributed by atoms with Gasteiger partial charge in [-0.2, -0.15) is 0 Å². The molecule has 2 unspecified atom stereocenters. The summed E-state index contributed by atoms with van der Waals surface area (Å²) in [4.78, 5) is 37.0.